The number of rotatable bonds is 5. The largest absolute Gasteiger partial charge is 0.481 e. The molecule has 6 nitrogen and oxygen atoms in total. The normalized spacial score (nSPS) is 11.0. The number of para-hydroxylation sites is 1. The third-order valence-electron chi connectivity index (χ3n) is 5.02. The van der Waals surface area contributed by atoms with E-state index in [1.165, 1.54) is 19.2 Å². The van der Waals surface area contributed by atoms with Gasteiger partial charge in [0.2, 0.25) is 5.88 Å². The molecule has 0 spiro atoms. The highest BCUT2D eigenvalue weighted by atomic mass is 19.1. The number of hydrogen-bond acceptors (Lipinski definition) is 4. The van der Waals surface area contributed by atoms with Crippen LogP contribution in [0, 0.1) is 25.5 Å². The fourth-order valence-electron chi connectivity index (χ4n) is 3.53. The maximum atomic E-state index is 13.5. The third kappa shape index (κ3) is 4.09. The van der Waals surface area contributed by atoms with E-state index in [1.54, 1.807) is 30.7 Å². The van der Waals surface area contributed by atoms with Gasteiger partial charge >= 0.3 is 0 Å². The van der Waals surface area contributed by atoms with Crippen molar-refractivity contribution in [1.82, 2.24) is 14.8 Å². The van der Waals surface area contributed by atoms with Crippen LogP contribution in [0.4, 0.5) is 14.5 Å². The van der Waals surface area contributed by atoms with Gasteiger partial charge in [-0.3, -0.25) is 9.48 Å². The molecule has 0 unspecified atom stereocenters. The van der Waals surface area contributed by atoms with Crippen molar-refractivity contribution < 1.29 is 18.3 Å². The first-order chi connectivity index (χ1) is 14.9. The van der Waals surface area contributed by atoms with Gasteiger partial charge in [0.25, 0.3) is 5.91 Å². The fourth-order valence-corrected chi connectivity index (χ4v) is 3.53. The molecule has 8 heteroatoms. The number of nitrogens with one attached hydrogen (secondary N) is 1. The summed E-state index contributed by atoms with van der Waals surface area (Å²) in [6.45, 7) is 3.72. The van der Waals surface area contributed by atoms with Gasteiger partial charge in [-0.1, -0.05) is 18.2 Å². The first-order valence-corrected chi connectivity index (χ1v) is 9.60. The van der Waals surface area contributed by atoms with Crippen LogP contribution in [0.5, 0.6) is 5.88 Å². The Morgan fingerprint density at radius 3 is 2.52 bits per heavy atom. The van der Waals surface area contributed by atoms with Gasteiger partial charge in [0.15, 0.2) is 0 Å². The zero-order valence-corrected chi connectivity index (χ0v) is 17.2. The minimum atomic E-state index is -0.649. The highest BCUT2D eigenvalue weighted by molar-refractivity contribution is 6.13. The molecule has 0 atom stereocenters. The Morgan fingerprint density at radius 1 is 1.10 bits per heavy atom. The average molecular weight is 422 g/mol. The van der Waals surface area contributed by atoms with Crippen LogP contribution in [0.1, 0.15) is 27.3 Å². The predicted molar refractivity (Wildman–Crippen MR) is 113 cm³/mol. The van der Waals surface area contributed by atoms with Gasteiger partial charge in [-0.2, -0.15) is 5.10 Å². The van der Waals surface area contributed by atoms with E-state index < -0.39 is 11.6 Å². The molecular weight excluding hydrogens is 402 g/mol. The molecule has 0 fully saturated rings. The monoisotopic (exact) mass is 422 g/mol. The molecule has 0 saturated carbocycles. The maximum Gasteiger partial charge on any atom is 0.256 e. The Bertz CT molecular complexity index is 1280. The second-order valence-electron chi connectivity index (χ2n) is 7.16. The van der Waals surface area contributed by atoms with Crippen LogP contribution in [-0.2, 0) is 6.54 Å². The highest BCUT2D eigenvalue weighted by Gasteiger charge is 2.18. The van der Waals surface area contributed by atoms with Crippen molar-refractivity contribution in [3.05, 3.63) is 82.7 Å². The van der Waals surface area contributed by atoms with Crippen molar-refractivity contribution in [3.8, 4) is 5.88 Å². The number of ether oxygens (including phenoxy) is 1. The Kier molecular flexibility index (Phi) is 5.37. The molecule has 0 saturated heterocycles. The second kappa shape index (κ2) is 8.14. The van der Waals surface area contributed by atoms with Crippen molar-refractivity contribution in [2.24, 2.45) is 0 Å². The van der Waals surface area contributed by atoms with Gasteiger partial charge < -0.3 is 10.1 Å². The molecule has 0 aliphatic rings. The van der Waals surface area contributed by atoms with E-state index in [0.717, 1.165) is 6.07 Å². The van der Waals surface area contributed by atoms with Crippen molar-refractivity contribution in [2.75, 3.05) is 12.4 Å². The van der Waals surface area contributed by atoms with Crippen LogP contribution in [0.3, 0.4) is 0 Å². The molecule has 158 valence electrons. The lowest BCUT2D eigenvalue weighted by Gasteiger charge is -2.10. The molecule has 2 heterocycles. The van der Waals surface area contributed by atoms with E-state index in [0.29, 0.717) is 45.0 Å². The van der Waals surface area contributed by atoms with E-state index >= 15 is 0 Å². The summed E-state index contributed by atoms with van der Waals surface area (Å²) in [5.41, 5.74) is 3.30. The van der Waals surface area contributed by atoms with Crippen molar-refractivity contribution in [1.29, 1.82) is 0 Å². The van der Waals surface area contributed by atoms with Crippen molar-refractivity contribution >= 4 is 22.5 Å². The topological polar surface area (TPSA) is 69.0 Å². The molecule has 1 N–H and O–H groups in total. The van der Waals surface area contributed by atoms with Crippen LogP contribution >= 0.6 is 0 Å². The van der Waals surface area contributed by atoms with E-state index in [1.807, 2.05) is 18.2 Å². The first kappa shape index (κ1) is 20.5. The molecule has 1 amide bonds. The highest BCUT2D eigenvalue weighted by Crippen LogP contribution is 2.26. The molecule has 4 rings (SSSR count). The molecular formula is C23H20F2N4O2. The van der Waals surface area contributed by atoms with Crippen molar-refractivity contribution in [3.63, 3.8) is 0 Å². The van der Waals surface area contributed by atoms with E-state index in [4.69, 9.17) is 4.74 Å². The van der Waals surface area contributed by atoms with Gasteiger partial charge in [0.1, 0.15) is 11.6 Å². The first-order valence-electron chi connectivity index (χ1n) is 9.60. The fraction of sp³-hybridized carbons (Fsp3) is 0.174. The molecule has 31 heavy (non-hydrogen) atoms. The number of methoxy groups -OCH3 is 1. The standard InChI is InChI=1S/C23H20F2N4O2/c1-13-22(14(2)29(28-13)12-15-8-16(24)10-17(25)9-15)27-23(30)19-11-21(31-3)26-20-7-5-4-6-18(19)20/h4-11H,12H2,1-3H3,(H,27,30). The summed E-state index contributed by atoms with van der Waals surface area (Å²) in [6, 6.07) is 12.2. The van der Waals surface area contributed by atoms with Gasteiger partial charge in [-0.15, -0.1) is 0 Å². The smallest absolute Gasteiger partial charge is 0.256 e. The number of nitrogens with zero attached hydrogens (tertiary/aromatic N) is 3. The Morgan fingerprint density at radius 2 is 1.81 bits per heavy atom. The summed E-state index contributed by atoms with van der Waals surface area (Å²) < 4.78 is 33.9. The number of amides is 1. The minimum Gasteiger partial charge on any atom is -0.481 e. The molecule has 4 aromatic rings. The van der Waals surface area contributed by atoms with Gasteiger partial charge in [-0.05, 0) is 37.6 Å². The molecule has 0 bridgehead atoms. The Hall–Kier alpha value is -3.81. The minimum absolute atomic E-state index is 0.170. The molecule has 0 aliphatic carbocycles. The van der Waals surface area contributed by atoms with Crippen molar-refractivity contribution in [2.45, 2.75) is 20.4 Å². The van der Waals surface area contributed by atoms with Gasteiger partial charge in [0.05, 0.1) is 41.8 Å². The number of hydrogen-bond donors (Lipinski definition) is 1. The van der Waals surface area contributed by atoms with Crippen LogP contribution in [0.25, 0.3) is 10.9 Å². The van der Waals surface area contributed by atoms with Gasteiger partial charge in [-0.25, -0.2) is 13.8 Å². The SMILES string of the molecule is COc1cc(C(=O)Nc2c(C)nn(Cc3cc(F)cc(F)c3)c2C)c2ccccc2n1. The molecule has 0 radical (unpaired) electrons. The number of halogens is 2. The maximum absolute atomic E-state index is 13.5. The van der Waals surface area contributed by atoms with Crippen LogP contribution in [0.15, 0.2) is 48.5 Å². The second-order valence-corrected chi connectivity index (χ2v) is 7.16. The summed E-state index contributed by atoms with van der Waals surface area (Å²) in [5.74, 6) is -1.30. The number of fused-ring (bicyclic) bond motifs is 1. The number of carbonyl (C=O) groups is 1. The quantitative estimate of drug-likeness (QED) is 0.509. The Labute approximate surface area is 177 Å². The number of carbonyl (C=O) groups excluding carboxylic acids is 1. The number of benzene rings is 2. The Balaban J connectivity index is 1.66. The van der Waals surface area contributed by atoms with Crippen LogP contribution < -0.4 is 10.1 Å². The third-order valence-corrected chi connectivity index (χ3v) is 5.02. The van der Waals surface area contributed by atoms with Crippen LogP contribution in [-0.4, -0.2) is 27.8 Å². The van der Waals surface area contributed by atoms with E-state index in [9.17, 15) is 13.6 Å². The number of aryl methyl sites for hydroxylation is 1. The molecule has 2 aromatic heterocycles. The summed E-state index contributed by atoms with van der Waals surface area (Å²) >= 11 is 0. The lowest BCUT2D eigenvalue weighted by Crippen LogP contribution is -2.14. The van der Waals surface area contributed by atoms with E-state index in [-0.39, 0.29) is 12.5 Å². The zero-order chi connectivity index (χ0) is 22.1. The number of aromatic nitrogens is 3. The molecule has 2 aromatic carbocycles. The lowest BCUT2D eigenvalue weighted by molar-refractivity contribution is 0.102. The summed E-state index contributed by atoms with van der Waals surface area (Å²) in [7, 11) is 1.49. The summed E-state index contributed by atoms with van der Waals surface area (Å²) in [6.07, 6.45) is 0. The lowest BCUT2D eigenvalue weighted by atomic mass is 10.1. The number of pyridine rings is 1. The van der Waals surface area contributed by atoms with E-state index in [2.05, 4.69) is 15.4 Å². The van der Waals surface area contributed by atoms with Gasteiger partial charge in [0, 0.05) is 17.5 Å². The summed E-state index contributed by atoms with van der Waals surface area (Å²) in [5, 5.41) is 8.03. The average Bonchev–Trinajstić information content (AvgIpc) is 2.99. The summed E-state index contributed by atoms with van der Waals surface area (Å²) in [4.78, 5) is 17.5. The zero-order valence-electron chi connectivity index (χ0n) is 17.2. The number of anilines is 1. The predicted octanol–water partition coefficient (Wildman–Crippen LogP) is 4.64. The van der Waals surface area contributed by atoms with Crippen LogP contribution in [0.2, 0.25) is 0 Å². The molecule has 0 aliphatic heterocycles.